The van der Waals surface area contributed by atoms with E-state index in [-0.39, 0.29) is 25.9 Å². The van der Waals surface area contributed by atoms with E-state index in [2.05, 4.69) is 4.98 Å². The second-order valence-electron chi connectivity index (χ2n) is 4.82. The van der Waals surface area contributed by atoms with Crippen LogP contribution in [0, 0.1) is 22.7 Å². The molecule has 0 saturated heterocycles. The Morgan fingerprint density at radius 1 is 1.00 bits per heavy atom. The Bertz CT molecular complexity index is 963. The number of allylic oxidation sites excluding steroid dienone is 3. The molecule has 1 aromatic carbocycles. The lowest BCUT2D eigenvalue weighted by atomic mass is 10.2. The molecule has 1 heterocycles. The molecule has 0 aliphatic carbocycles. The van der Waals surface area contributed by atoms with Crippen LogP contribution in [0.25, 0.3) is 4.91 Å². The van der Waals surface area contributed by atoms with Gasteiger partial charge in [-0.3, -0.25) is 0 Å². The average Bonchev–Trinajstić information content (AvgIpc) is 2.69. The van der Waals surface area contributed by atoms with Gasteiger partial charge < -0.3 is 4.74 Å². The summed E-state index contributed by atoms with van der Waals surface area (Å²) in [4.78, 5) is 4.92. The number of halogens is 4. The normalized spacial score (nSPS) is 10.7. The maximum Gasteiger partial charge on any atom is 0.150 e. The lowest BCUT2D eigenvalue weighted by molar-refractivity contribution is 0.415. The molecule has 0 N–H and O–H groups in total. The molecule has 2 aromatic rings. The van der Waals surface area contributed by atoms with Crippen LogP contribution in [0.2, 0.25) is 20.4 Å². The Morgan fingerprint density at radius 3 is 2.04 bits per heavy atom. The van der Waals surface area contributed by atoms with Gasteiger partial charge in [-0.05, 0) is 29.8 Å². The summed E-state index contributed by atoms with van der Waals surface area (Å²) in [5.41, 5.74) is 0.730. The standard InChI is InChI=1S/C18H9Cl4N3OS/c1-26-12-5-3-11(4-6-12)13(7-2-10(8-23)9-24)27-16-14(19)17(21)25-18(22)15(16)20/h2-7H,1H3/b13-7-. The van der Waals surface area contributed by atoms with Crippen molar-refractivity contribution in [2.45, 2.75) is 4.90 Å². The van der Waals surface area contributed by atoms with E-state index in [9.17, 15) is 0 Å². The van der Waals surface area contributed by atoms with Crippen LogP contribution in [-0.2, 0) is 0 Å². The van der Waals surface area contributed by atoms with Gasteiger partial charge in [-0.2, -0.15) is 10.5 Å². The molecule has 0 amide bonds. The highest BCUT2D eigenvalue weighted by molar-refractivity contribution is 8.08. The molecule has 0 saturated carbocycles. The van der Waals surface area contributed by atoms with Gasteiger partial charge in [0, 0.05) is 4.91 Å². The zero-order valence-corrected chi connectivity index (χ0v) is 17.5. The average molecular weight is 457 g/mol. The molecule has 0 aliphatic rings. The first-order valence-electron chi connectivity index (χ1n) is 7.15. The quantitative estimate of drug-likeness (QED) is 0.214. The van der Waals surface area contributed by atoms with Gasteiger partial charge in [0.1, 0.15) is 23.5 Å². The Balaban J connectivity index is 2.58. The first-order chi connectivity index (χ1) is 12.9. The summed E-state index contributed by atoms with van der Waals surface area (Å²) < 4.78 is 5.16. The van der Waals surface area contributed by atoms with Gasteiger partial charge in [0.05, 0.1) is 22.1 Å². The van der Waals surface area contributed by atoms with E-state index in [1.54, 1.807) is 37.5 Å². The van der Waals surface area contributed by atoms with Crippen LogP contribution in [0.5, 0.6) is 5.75 Å². The molecule has 2 rings (SSSR count). The van der Waals surface area contributed by atoms with E-state index in [1.165, 1.54) is 17.8 Å². The Morgan fingerprint density at radius 2 is 1.56 bits per heavy atom. The van der Waals surface area contributed by atoms with Crippen LogP contribution in [0.1, 0.15) is 5.56 Å². The van der Waals surface area contributed by atoms with Crippen LogP contribution in [0.3, 0.4) is 0 Å². The van der Waals surface area contributed by atoms with Crippen LogP contribution in [0.4, 0.5) is 0 Å². The van der Waals surface area contributed by atoms with Crippen molar-refractivity contribution in [3.63, 3.8) is 0 Å². The smallest absolute Gasteiger partial charge is 0.150 e. The molecule has 0 atom stereocenters. The number of benzene rings is 1. The van der Waals surface area contributed by atoms with Gasteiger partial charge in [0.25, 0.3) is 0 Å². The van der Waals surface area contributed by atoms with Crippen molar-refractivity contribution in [2.24, 2.45) is 0 Å². The van der Waals surface area contributed by atoms with E-state index in [0.29, 0.717) is 15.6 Å². The highest BCUT2D eigenvalue weighted by atomic mass is 35.5. The maximum atomic E-state index is 8.95. The lowest BCUT2D eigenvalue weighted by Crippen LogP contribution is -1.89. The Labute approximate surface area is 180 Å². The van der Waals surface area contributed by atoms with Crippen molar-refractivity contribution in [1.29, 1.82) is 10.5 Å². The van der Waals surface area contributed by atoms with Gasteiger partial charge in [-0.1, -0.05) is 70.3 Å². The van der Waals surface area contributed by atoms with Gasteiger partial charge in [-0.15, -0.1) is 0 Å². The minimum Gasteiger partial charge on any atom is -0.497 e. The fraction of sp³-hybridized carbons (Fsp3) is 0.0556. The van der Waals surface area contributed by atoms with E-state index in [0.717, 1.165) is 5.56 Å². The molecule has 9 heteroatoms. The third-order valence-corrected chi connectivity index (χ3v) is 6.09. The van der Waals surface area contributed by atoms with Gasteiger partial charge in [-0.25, -0.2) is 4.98 Å². The zero-order chi connectivity index (χ0) is 20.0. The predicted octanol–water partition coefficient (Wildman–Crippen LogP) is 6.81. The summed E-state index contributed by atoms with van der Waals surface area (Å²) in [7, 11) is 1.57. The second-order valence-corrected chi connectivity index (χ2v) is 7.34. The second kappa shape index (κ2) is 9.90. The minimum absolute atomic E-state index is 0.0212. The van der Waals surface area contributed by atoms with Crippen molar-refractivity contribution >= 4 is 63.1 Å². The van der Waals surface area contributed by atoms with Crippen LogP contribution in [0.15, 0.2) is 46.9 Å². The Hall–Kier alpha value is -1.86. The number of rotatable bonds is 5. The number of pyridine rings is 1. The van der Waals surface area contributed by atoms with E-state index in [4.69, 9.17) is 61.7 Å². The highest BCUT2D eigenvalue weighted by Crippen LogP contribution is 2.46. The molecule has 0 radical (unpaired) electrons. The maximum absolute atomic E-state index is 8.95. The fourth-order valence-electron chi connectivity index (χ4n) is 1.87. The molecule has 0 aliphatic heterocycles. The van der Waals surface area contributed by atoms with Crippen molar-refractivity contribution < 1.29 is 4.74 Å². The molecule has 0 unspecified atom stereocenters. The molecular weight excluding hydrogens is 448 g/mol. The molecular formula is C18H9Cl4N3OS. The van der Waals surface area contributed by atoms with Crippen LogP contribution in [-0.4, -0.2) is 12.1 Å². The molecule has 1 aromatic heterocycles. The lowest BCUT2D eigenvalue weighted by Gasteiger charge is -2.12. The third-order valence-electron chi connectivity index (χ3n) is 3.19. The van der Waals surface area contributed by atoms with Gasteiger partial charge in [0.2, 0.25) is 0 Å². The number of methoxy groups -OCH3 is 1. The van der Waals surface area contributed by atoms with Crippen molar-refractivity contribution in [2.75, 3.05) is 7.11 Å². The number of nitrogens with zero attached hydrogens (tertiary/aromatic N) is 3. The largest absolute Gasteiger partial charge is 0.497 e. The van der Waals surface area contributed by atoms with E-state index in [1.807, 2.05) is 12.1 Å². The van der Waals surface area contributed by atoms with E-state index < -0.39 is 0 Å². The van der Waals surface area contributed by atoms with E-state index >= 15 is 0 Å². The number of hydrogen-bond acceptors (Lipinski definition) is 5. The Kier molecular flexibility index (Phi) is 7.86. The number of ether oxygens (including phenoxy) is 1. The minimum atomic E-state index is -0.0513. The first-order valence-corrected chi connectivity index (χ1v) is 9.48. The zero-order valence-electron chi connectivity index (χ0n) is 13.6. The summed E-state index contributed by atoms with van der Waals surface area (Å²) in [6.45, 7) is 0. The highest BCUT2D eigenvalue weighted by Gasteiger charge is 2.18. The summed E-state index contributed by atoms with van der Waals surface area (Å²) in [6.07, 6.45) is 3.02. The molecule has 0 bridgehead atoms. The molecule has 0 spiro atoms. The number of aromatic nitrogens is 1. The summed E-state index contributed by atoms with van der Waals surface area (Å²) in [6, 6.07) is 10.8. The topological polar surface area (TPSA) is 69.7 Å². The number of nitriles is 2. The number of thioether (sulfide) groups is 1. The number of hydrogen-bond donors (Lipinski definition) is 0. The molecule has 27 heavy (non-hydrogen) atoms. The molecule has 4 nitrogen and oxygen atoms in total. The van der Waals surface area contributed by atoms with Gasteiger partial charge >= 0.3 is 0 Å². The summed E-state index contributed by atoms with van der Waals surface area (Å²) in [5, 5.41) is 18.2. The molecule has 136 valence electrons. The van der Waals surface area contributed by atoms with Crippen LogP contribution < -0.4 is 4.74 Å². The first kappa shape index (κ1) is 21.4. The predicted molar refractivity (Wildman–Crippen MR) is 110 cm³/mol. The van der Waals surface area contributed by atoms with Crippen molar-refractivity contribution in [3.05, 3.63) is 67.9 Å². The fourth-order valence-corrected chi connectivity index (χ4v) is 3.92. The van der Waals surface area contributed by atoms with Crippen molar-refractivity contribution in [3.8, 4) is 17.9 Å². The molecule has 0 fully saturated rings. The van der Waals surface area contributed by atoms with Gasteiger partial charge in [0.15, 0.2) is 10.3 Å². The third kappa shape index (κ3) is 5.32. The van der Waals surface area contributed by atoms with Crippen LogP contribution >= 0.6 is 58.2 Å². The summed E-state index contributed by atoms with van der Waals surface area (Å²) >= 11 is 25.7. The SMILES string of the molecule is COc1ccc(/C(=C/C=C(C#N)C#N)Sc2c(Cl)c(Cl)nc(Cl)c2Cl)cc1. The van der Waals surface area contributed by atoms with Crippen molar-refractivity contribution in [1.82, 2.24) is 4.98 Å². The summed E-state index contributed by atoms with van der Waals surface area (Å²) in [5.74, 6) is 0.680. The monoisotopic (exact) mass is 455 g/mol.